The molecule has 0 saturated heterocycles. The number of aromatic nitrogens is 3. The monoisotopic (exact) mass is 394 g/mol. The number of nitrogens with one attached hydrogen (secondary N) is 1. The summed E-state index contributed by atoms with van der Waals surface area (Å²) in [4.78, 5) is 12.4. The Bertz CT molecular complexity index is 914. The van der Waals surface area contributed by atoms with Gasteiger partial charge in [-0.3, -0.25) is 9.36 Å². The van der Waals surface area contributed by atoms with Gasteiger partial charge in [0.25, 0.3) is 0 Å². The standard InChI is InChI=1S/C17H16ClFN4O2S/c1-3-23-15(14-5-4-8-25-14)21-22-17(23)26-10(2)16(24)20-11-6-7-13(19)12(18)9-11/h4-10H,3H2,1-2H3,(H,20,24). The highest BCUT2D eigenvalue weighted by Crippen LogP contribution is 2.28. The number of benzene rings is 1. The number of amides is 1. The first-order valence-corrected chi connectivity index (χ1v) is 9.15. The lowest BCUT2D eigenvalue weighted by atomic mass is 10.3. The van der Waals surface area contributed by atoms with E-state index in [4.69, 9.17) is 16.0 Å². The molecule has 0 aliphatic rings. The molecule has 0 fully saturated rings. The van der Waals surface area contributed by atoms with Crippen LogP contribution in [-0.2, 0) is 11.3 Å². The quantitative estimate of drug-likeness (QED) is 0.624. The summed E-state index contributed by atoms with van der Waals surface area (Å²) in [5.74, 6) is 0.443. The van der Waals surface area contributed by atoms with E-state index in [0.29, 0.717) is 29.0 Å². The molecule has 0 aliphatic heterocycles. The van der Waals surface area contributed by atoms with Gasteiger partial charge in [0.05, 0.1) is 16.5 Å². The Morgan fingerprint density at radius 2 is 2.23 bits per heavy atom. The van der Waals surface area contributed by atoms with Crippen molar-refractivity contribution in [1.82, 2.24) is 14.8 Å². The van der Waals surface area contributed by atoms with E-state index in [9.17, 15) is 9.18 Å². The van der Waals surface area contributed by atoms with Gasteiger partial charge in [-0.1, -0.05) is 23.4 Å². The minimum Gasteiger partial charge on any atom is -0.461 e. The van der Waals surface area contributed by atoms with Crippen LogP contribution < -0.4 is 5.32 Å². The maximum Gasteiger partial charge on any atom is 0.237 e. The number of hydrogen-bond donors (Lipinski definition) is 1. The third kappa shape index (κ3) is 3.91. The highest BCUT2D eigenvalue weighted by Gasteiger charge is 2.21. The van der Waals surface area contributed by atoms with Crippen LogP contribution in [-0.4, -0.2) is 25.9 Å². The molecule has 1 unspecified atom stereocenters. The smallest absolute Gasteiger partial charge is 0.237 e. The second kappa shape index (κ2) is 7.92. The van der Waals surface area contributed by atoms with Crippen LogP contribution in [0.2, 0.25) is 5.02 Å². The molecule has 1 aromatic carbocycles. The highest BCUT2D eigenvalue weighted by molar-refractivity contribution is 8.00. The van der Waals surface area contributed by atoms with E-state index in [2.05, 4.69) is 15.5 Å². The van der Waals surface area contributed by atoms with Gasteiger partial charge in [-0.2, -0.15) is 0 Å². The van der Waals surface area contributed by atoms with Gasteiger partial charge >= 0.3 is 0 Å². The number of carbonyl (C=O) groups excluding carboxylic acids is 1. The van der Waals surface area contributed by atoms with Gasteiger partial charge in [-0.15, -0.1) is 10.2 Å². The number of rotatable bonds is 6. The van der Waals surface area contributed by atoms with Crippen LogP contribution in [0.5, 0.6) is 0 Å². The van der Waals surface area contributed by atoms with E-state index < -0.39 is 11.1 Å². The Morgan fingerprint density at radius 1 is 1.42 bits per heavy atom. The van der Waals surface area contributed by atoms with Gasteiger partial charge < -0.3 is 9.73 Å². The van der Waals surface area contributed by atoms with Crippen LogP contribution in [0.1, 0.15) is 13.8 Å². The SMILES string of the molecule is CCn1c(SC(C)C(=O)Nc2ccc(F)c(Cl)c2)nnc1-c1ccco1. The fraction of sp³-hybridized carbons (Fsp3) is 0.235. The van der Waals surface area contributed by atoms with E-state index in [-0.39, 0.29) is 10.9 Å². The van der Waals surface area contributed by atoms with Gasteiger partial charge in [0.1, 0.15) is 5.82 Å². The molecule has 1 N–H and O–H groups in total. The van der Waals surface area contributed by atoms with E-state index in [0.717, 1.165) is 0 Å². The number of anilines is 1. The molecule has 6 nitrogen and oxygen atoms in total. The molecule has 9 heteroatoms. The maximum atomic E-state index is 13.2. The molecule has 2 heterocycles. The lowest BCUT2D eigenvalue weighted by Gasteiger charge is -2.12. The summed E-state index contributed by atoms with van der Waals surface area (Å²) in [6.07, 6.45) is 1.57. The first-order chi connectivity index (χ1) is 12.5. The first-order valence-electron chi connectivity index (χ1n) is 7.89. The maximum absolute atomic E-state index is 13.2. The Hall–Kier alpha value is -2.32. The molecule has 0 radical (unpaired) electrons. The summed E-state index contributed by atoms with van der Waals surface area (Å²) < 4.78 is 20.5. The van der Waals surface area contributed by atoms with Crippen molar-refractivity contribution in [2.45, 2.75) is 30.8 Å². The minimum absolute atomic E-state index is 0.0445. The molecule has 136 valence electrons. The normalized spacial score (nSPS) is 12.2. The van der Waals surface area contributed by atoms with Crippen molar-refractivity contribution in [2.75, 3.05) is 5.32 Å². The van der Waals surface area contributed by atoms with Crippen molar-refractivity contribution >= 4 is 35.0 Å². The van der Waals surface area contributed by atoms with Crippen LogP contribution in [0, 0.1) is 5.82 Å². The Balaban J connectivity index is 1.72. The van der Waals surface area contributed by atoms with Crippen molar-refractivity contribution in [1.29, 1.82) is 0 Å². The van der Waals surface area contributed by atoms with Gasteiger partial charge in [0.2, 0.25) is 5.91 Å². The lowest BCUT2D eigenvalue weighted by molar-refractivity contribution is -0.115. The largest absolute Gasteiger partial charge is 0.461 e. The van der Waals surface area contributed by atoms with Gasteiger partial charge in [0.15, 0.2) is 16.7 Å². The van der Waals surface area contributed by atoms with Crippen molar-refractivity contribution in [3.8, 4) is 11.6 Å². The zero-order valence-electron chi connectivity index (χ0n) is 14.1. The summed E-state index contributed by atoms with van der Waals surface area (Å²) in [5.41, 5.74) is 0.432. The third-order valence-corrected chi connectivity index (χ3v) is 4.98. The molecule has 3 aromatic rings. The second-order valence-electron chi connectivity index (χ2n) is 5.41. The summed E-state index contributed by atoms with van der Waals surface area (Å²) in [6.45, 7) is 4.35. The third-order valence-electron chi connectivity index (χ3n) is 3.61. The molecule has 1 amide bonds. The zero-order valence-corrected chi connectivity index (χ0v) is 15.6. The summed E-state index contributed by atoms with van der Waals surface area (Å²) >= 11 is 7.01. The second-order valence-corrected chi connectivity index (χ2v) is 7.12. The van der Waals surface area contributed by atoms with Crippen LogP contribution >= 0.6 is 23.4 Å². The fourth-order valence-corrected chi connectivity index (χ4v) is 3.37. The highest BCUT2D eigenvalue weighted by atomic mass is 35.5. The topological polar surface area (TPSA) is 73.0 Å². The van der Waals surface area contributed by atoms with Gasteiger partial charge in [-0.05, 0) is 44.2 Å². The molecule has 3 rings (SSSR count). The van der Waals surface area contributed by atoms with Crippen LogP contribution in [0.3, 0.4) is 0 Å². The lowest BCUT2D eigenvalue weighted by Crippen LogP contribution is -2.23. The van der Waals surface area contributed by atoms with E-state index in [1.54, 1.807) is 25.3 Å². The predicted octanol–water partition coefficient (Wildman–Crippen LogP) is 4.47. The predicted molar refractivity (Wildman–Crippen MR) is 98.8 cm³/mol. The number of nitrogens with zero attached hydrogens (tertiary/aromatic N) is 3. The fourth-order valence-electron chi connectivity index (χ4n) is 2.28. The summed E-state index contributed by atoms with van der Waals surface area (Å²) in [5, 5.41) is 11.2. The molecule has 0 spiro atoms. The molecule has 2 aromatic heterocycles. The molecule has 0 bridgehead atoms. The molecular weight excluding hydrogens is 379 g/mol. The number of furan rings is 1. The number of halogens is 2. The van der Waals surface area contributed by atoms with E-state index in [1.165, 1.54) is 30.0 Å². The van der Waals surface area contributed by atoms with Gasteiger partial charge in [-0.25, -0.2) is 4.39 Å². The summed E-state index contributed by atoms with van der Waals surface area (Å²) in [7, 11) is 0. The van der Waals surface area contributed by atoms with Crippen molar-refractivity contribution in [2.24, 2.45) is 0 Å². The molecule has 0 saturated carbocycles. The zero-order chi connectivity index (χ0) is 18.7. The number of thioether (sulfide) groups is 1. The Morgan fingerprint density at radius 3 is 2.88 bits per heavy atom. The molecular formula is C17H16ClFN4O2S. The van der Waals surface area contributed by atoms with Crippen LogP contribution in [0.4, 0.5) is 10.1 Å². The average molecular weight is 395 g/mol. The Labute approximate surface area is 158 Å². The average Bonchev–Trinajstić information content (AvgIpc) is 3.27. The molecule has 1 atom stereocenters. The van der Waals surface area contributed by atoms with E-state index in [1.807, 2.05) is 11.5 Å². The molecule has 0 aliphatic carbocycles. The minimum atomic E-state index is -0.534. The summed E-state index contributed by atoms with van der Waals surface area (Å²) in [6, 6.07) is 7.62. The van der Waals surface area contributed by atoms with Crippen LogP contribution in [0.25, 0.3) is 11.6 Å². The van der Waals surface area contributed by atoms with Crippen molar-refractivity contribution < 1.29 is 13.6 Å². The number of hydrogen-bond acceptors (Lipinski definition) is 5. The molecule has 26 heavy (non-hydrogen) atoms. The number of carbonyl (C=O) groups is 1. The van der Waals surface area contributed by atoms with Crippen molar-refractivity contribution in [3.63, 3.8) is 0 Å². The van der Waals surface area contributed by atoms with E-state index >= 15 is 0 Å². The van der Waals surface area contributed by atoms with Crippen molar-refractivity contribution in [3.05, 3.63) is 47.4 Å². The van der Waals surface area contributed by atoms with Crippen LogP contribution in [0.15, 0.2) is 46.2 Å². The van der Waals surface area contributed by atoms with Gasteiger partial charge in [0, 0.05) is 12.2 Å². The first kappa shape index (κ1) is 18.5. The Kier molecular flexibility index (Phi) is 5.63.